The first kappa shape index (κ1) is 20.0. The highest BCUT2D eigenvalue weighted by atomic mass is 35.5. The highest BCUT2D eigenvalue weighted by Gasteiger charge is 2.40. The summed E-state index contributed by atoms with van der Waals surface area (Å²) in [6, 6.07) is 5.32. The number of nitrogens with one attached hydrogen (secondary N) is 1. The first-order valence-corrected chi connectivity index (χ1v) is 9.92. The van der Waals surface area contributed by atoms with Gasteiger partial charge in [0.15, 0.2) is 6.61 Å². The zero-order valence-corrected chi connectivity index (χ0v) is 16.7. The van der Waals surface area contributed by atoms with E-state index in [0.29, 0.717) is 28.3 Å². The molecule has 1 aromatic rings. The van der Waals surface area contributed by atoms with Crippen LogP contribution in [0.3, 0.4) is 0 Å². The summed E-state index contributed by atoms with van der Waals surface area (Å²) in [5, 5.41) is 3.33. The Morgan fingerprint density at radius 3 is 2.52 bits per heavy atom. The van der Waals surface area contributed by atoms with E-state index in [1.807, 2.05) is 0 Å². The van der Waals surface area contributed by atoms with Crippen LogP contribution >= 0.6 is 11.6 Å². The Bertz CT molecular complexity index is 696. The molecule has 2 fully saturated rings. The SMILES string of the molecule is CN(C)C(=O)COc1ccc(NC(=O)C2CC3CCCC(C2)C3N)cc1Cl. The maximum atomic E-state index is 12.7. The van der Waals surface area contributed by atoms with Crippen molar-refractivity contribution >= 4 is 29.1 Å². The van der Waals surface area contributed by atoms with Crippen molar-refractivity contribution in [1.82, 2.24) is 4.90 Å². The van der Waals surface area contributed by atoms with E-state index in [2.05, 4.69) is 5.32 Å². The first-order chi connectivity index (χ1) is 12.8. The van der Waals surface area contributed by atoms with E-state index >= 15 is 0 Å². The molecule has 0 spiro atoms. The monoisotopic (exact) mass is 393 g/mol. The van der Waals surface area contributed by atoms with Crippen molar-refractivity contribution in [2.24, 2.45) is 23.5 Å². The van der Waals surface area contributed by atoms with Gasteiger partial charge >= 0.3 is 0 Å². The average Bonchev–Trinajstić information content (AvgIpc) is 2.60. The zero-order chi connectivity index (χ0) is 19.6. The largest absolute Gasteiger partial charge is 0.482 e. The number of fused-ring (bicyclic) bond motifs is 2. The van der Waals surface area contributed by atoms with Crippen LogP contribution < -0.4 is 15.8 Å². The molecule has 2 aliphatic rings. The fourth-order valence-electron chi connectivity index (χ4n) is 4.21. The number of hydrogen-bond acceptors (Lipinski definition) is 4. The van der Waals surface area contributed by atoms with Crippen LogP contribution in [0, 0.1) is 17.8 Å². The number of carbonyl (C=O) groups excluding carboxylic acids is 2. The summed E-state index contributed by atoms with van der Waals surface area (Å²) in [5.41, 5.74) is 6.95. The van der Waals surface area contributed by atoms with Gasteiger partial charge in [-0.25, -0.2) is 0 Å². The molecule has 0 saturated heterocycles. The molecule has 2 bridgehead atoms. The Kier molecular flexibility index (Phi) is 6.27. The van der Waals surface area contributed by atoms with Crippen molar-refractivity contribution in [3.63, 3.8) is 0 Å². The summed E-state index contributed by atoms with van der Waals surface area (Å²) in [5.74, 6) is 1.23. The highest BCUT2D eigenvalue weighted by Crippen LogP contribution is 2.42. The fourth-order valence-corrected chi connectivity index (χ4v) is 4.45. The molecule has 2 unspecified atom stereocenters. The van der Waals surface area contributed by atoms with Crippen LogP contribution in [0.1, 0.15) is 32.1 Å². The molecule has 3 N–H and O–H groups in total. The molecule has 3 rings (SSSR count). The Morgan fingerprint density at radius 1 is 1.26 bits per heavy atom. The van der Waals surface area contributed by atoms with Crippen LogP contribution in [-0.2, 0) is 9.59 Å². The number of anilines is 1. The summed E-state index contributed by atoms with van der Waals surface area (Å²) >= 11 is 6.24. The van der Waals surface area contributed by atoms with Gasteiger partial charge < -0.3 is 20.7 Å². The molecule has 2 atom stereocenters. The average molecular weight is 394 g/mol. The van der Waals surface area contributed by atoms with Crippen LogP contribution in [0.4, 0.5) is 5.69 Å². The summed E-state index contributed by atoms with van der Waals surface area (Å²) in [4.78, 5) is 25.8. The Hall–Kier alpha value is -1.79. The molecule has 0 heterocycles. The van der Waals surface area contributed by atoms with Crippen LogP contribution in [0.25, 0.3) is 0 Å². The lowest BCUT2D eigenvalue weighted by molar-refractivity contribution is -0.130. The topological polar surface area (TPSA) is 84.7 Å². The van der Waals surface area contributed by atoms with Gasteiger partial charge in [0.1, 0.15) is 5.75 Å². The number of likely N-dealkylation sites (N-methyl/N-ethyl adjacent to an activating group) is 1. The van der Waals surface area contributed by atoms with Crippen molar-refractivity contribution < 1.29 is 14.3 Å². The van der Waals surface area contributed by atoms with Gasteiger partial charge in [-0.15, -0.1) is 0 Å². The van der Waals surface area contributed by atoms with Gasteiger partial charge in [-0.1, -0.05) is 18.0 Å². The molecule has 27 heavy (non-hydrogen) atoms. The van der Waals surface area contributed by atoms with Gasteiger partial charge in [-0.2, -0.15) is 0 Å². The highest BCUT2D eigenvalue weighted by molar-refractivity contribution is 6.32. The van der Waals surface area contributed by atoms with E-state index in [1.165, 1.54) is 11.3 Å². The van der Waals surface area contributed by atoms with Gasteiger partial charge in [0.25, 0.3) is 5.91 Å². The molecule has 0 aromatic heterocycles. The quantitative estimate of drug-likeness (QED) is 0.805. The van der Waals surface area contributed by atoms with E-state index in [-0.39, 0.29) is 30.4 Å². The normalized spacial score (nSPS) is 27.0. The predicted octanol–water partition coefficient (Wildman–Crippen LogP) is 2.90. The van der Waals surface area contributed by atoms with Gasteiger partial charge in [-0.05, 0) is 55.7 Å². The number of ether oxygens (including phenoxy) is 1. The van der Waals surface area contributed by atoms with Gasteiger partial charge in [0.05, 0.1) is 5.02 Å². The number of nitrogens with two attached hydrogens (primary N) is 1. The van der Waals surface area contributed by atoms with Crippen molar-refractivity contribution in [2.45, 2.75) is 38.1 Å². The van der Waals surface area contributed by atoms with Crippen LogP contribution in [0.5, 0.6) is 5.75 Å². The maximum Gasteiger partial charge on any atom is 0.259 e. The number of amides is 2. The van der Waals surface area contributed by atoms with Crippen LogP contribution in [0.2, 0.25) is 5.02 Å². The maximum absolute atomic E-state index is 12.7. The number of carbonyl (C=O) groups is 2. The minimum atomic E-state index is -0.149. The summed E-state index contributed by atoms with van der Waals surface area (Å²) in [7, 11) is 3.33. The number of nitrogens with zero attached hydrogens (tertiary/aromatic N) is 1. The molecule has 0 aliphatic heterocycles. The van der Waals surface area contributed by atoms with E-state index in [1.54, 1.807) is 32.3 Å². The van der Waals surface area contributed by atoms with Crippen molar-refractivity contribution in [2.75, 3.05) is 26.0 Å². The molecule has 148 valence electrons. The van der Waals surface area contributed by atoms with Gasteiger partial charge in [0.2, 0.25) is 5.91 Å². The molecule has 7 heteroatoms. The lowest BCUT2D eigenvalue weighted by Crippen LogP contribution is -2.48. The van der Waals surface area contributed by atoms with Gasteiger partial charge in [0, 0.05) is 31.7 Å². The second-order valence-electron chi connectivity index (χ2n) is 7.91. The molecule has 2 amide bonds. The number of benzene rings is 1. The third kappa shape index (κ3) is 4.74. The van der Waals surface area contributed by atoms with E-state index in [0.717, 1.165) is 25.7 Å². The second-order valence-corrected chi connectivity index (χ2v) is 8.32. The molecule has 2 aliphatic carbocycles. The fraction of sp³-hybridized carbons (Fsp3) is 0.600. The number of hydrogen-bond donors (Lipinski definition) is 2. The van der Waals surface area contributed by atoms with Crippen molar-refractivity contribution in [3.05, 3.63) is 23.2 Å². The van der Waals surface area contributed by atoms with Crippen molar-refractivity contribution in [3.8, 4) is 5.75 Å². The zero-order valence-electron chi connectivity index (χ0n) is 15.9. The molecular formula is C20H28ClN3O3. The Labute approximate surface area is 165 Å². The molecule has 1 aromatic carbocycles. The van der Waals surface area contributed by atoms with E-state index in [9.17, 15) is 9.59 Å². The summed E-state index contributed by atoms with van der Waals surface area (Å²) in [6.45, 7) is -0.0798. The molecule has 6 nitrogen and oxygen atoms in total. The smallest absolute Gasteiger partial charge is 0.259 e. The van der Waals surface area contributed by atoms with E-state index in [4.69, 9.17) is 22.1 Å². The summed E-state index contributed by atoms with van der Waals surface area (Å²) in [6.07, 6.45) is 5.22. The summed E-state index contributed by atoms with van der Waals surface area (Å²) < 4.78 is 5.45. The lowest BCUT2D eigenvalue weighted by Gasteiger charge is -2.43. The van der Waals surface area contributed by atoms with Gasteiger partial charge in [-0.3, -0.25) is 9.59 Å². The minimum Gasteiger partial charge on any atom is -0.482 e. The van der Waals surface area contributed by atoms with Crippen LogP contribution in [-0.4, -0.2) is 43.5 Å². The number of halogens is 1. The lowest BCUT2D eigenvalue weighted by atomic mass is 9.65. The second kappa shape index (κ2) is 8.48. The third-order valence-corrected chi connectivity index (χ3v) is 6.13. The molecular weight excluding hydrogens is 366 g/mol. The minimum absolute atomic E-state index is 0.00696. The molecule has 0 radical (unpaired) electrons. The Balaban J connectivity index is 1.58. The van der Waals surface area contributed by atoms with Crippen LogP contribution in [0.15, 0.2) is 18.2 Å². The Morgan fingerprint density at radius 2 is 1.93 bits per heavy atom. The van der Waals surface area contributed by atoms with Crippen molar-refractivity contribution in [1.29, 1.82) is 0 Å². The number of rotatable bonds is 5. The predicted molar refractivity (Wildman–Crippen MR) is 106 cm³/mol. The first-order valence-electron chi connectivity index (χ1n) is 9.54. The van der Waals surface area contributed by atoms with E-state index < -0.39 is 0 Å². The molecule has 2 saturated carbocycles. The third-order valence-electron chi connectivity index (χ3n) is 5.83. The standard InChI is InChI=1S/C20H28ClN3O3/c1-24(2)18(25)11-27-17-7-6-15(10-16(17)21)23-20(26)14-8-12-4-3-5-13(9-14)19(12)22/h6-7,10,12-14,19H,3-5,8-9,11,22H2,1-2H3,(H,23,26).